The molecular formula is C9H20N2O3. The monoisotopic (exact) mass is 204 g/mol. The van der Waals surface area contributed by atoms with Crippen molar-refractivity contribution in [2.75, 3.05) is 26.8 Å². The first-order chi connectivity index (χ1) is 6.52. The fourth-order valence-corrected chi connectivity index (χ4v) is 0.709. The van der Waals surface area contributed by atoms with Gasteiger partial charge in [0.05, 0.1) is 5.60 Å². The van der Waals surface area contributed by atoms with E-state index in [1.807, 2.05) is 13.8 Å². The Kier molecular flexibility index (Phi) is 6.23. The topological polar surface area (TPSA) is 70.6 Å². The number of hydrogen-bond donors (Lipinski definition) is 3. The number of rotatable bonds is 6. The zero-order chi connectivity index (χ0) is 11.0. The third kappa shape index (κ3) is 6.68. The van der Waals surface area contributed by atoms with Gasteiger partial charge in [-0.3, -0.25) is 0 Å². The lowest BCUT2D eigenvalue weighted by Crippen LogP contribution is -2.44. The molecule has 84 valence electrons. The fourth-order valence-electron chi connectivity index (χ4n) is 0.709. The number of hydrogen-bond acceptors (Lipinski definition) is 3. The predicted octanol–water partition coefficient (Wildman–Crippen LogP) is 0.0930. The quantitative estimate of drug-likeness (QED) is 0.537. The summed E-state index contributed by atoms with van der Waals surface area (Å²) in [5, 5.41) is 13.8. The van der Waals surface area contributed by atoms with Crippen LogP contribution >= 0.6 is 0 Å². The van der Waals surface area contributed by atoms with Crippen molar-refractivity contribution in [3.8, 4) is 0 Å². The smallest absolute Gasteiger partial charge is 0.314 e. The number of carbonyl (C=O) groups is 1. The number of amides is 2. The summed E-state index contributed by atoms with van der Waals surface area (Å²) in [5.41, 5.74) is -0.353. The molecular weight excluding hydrogens is 184 g/mol. The first-order valence-corrected chi connectivity index (χ1v) is 4.69. The molecule has 0 aliphatic rings. The summed E-state index contributed by atoms with van der Waals surface area (Å²) in [6.45, 7) is 4.80. The molecule has 0 aliphatic heterocycles. The third-order valence-corrected chi connectivity index (χ3v) is 1.85. The van der Waals surface area contributed by atoms with Gasteiger partial charge in [0.1, 0.15) is 0 Å². The van der Waals surface area contributed by atoms with Crippen molar-refractivity contribution in [2.24, 2.45) is 0 Å². The molecule has 0 aliphatic carbocycles. The van der Waals surface area contributed by atoms with Crippen LogP contribution in [0.2, 0.25) is 0 Å². The van der Waals surface area contributed by atoms with Gasteiger partial charge in [0.15, 0.2) is 0 Å². The summed E-state index contributed by atoms with van der Waals surface area (Å²) in [4.78, 5) is 11.1. The second-order valence-corrected chi connectivity index (χ2v) is 3.65. The van der Waals surface area contributed by atoms with Gasteiger partial charge in [-0.25, -0.2) is 4.79 Å². The van der Waals surface area contributed by atoms with Crippen molar-refractivity contribution in [1.82, 2.24) is 10.6 Å². The molecule has 14 heavy (non-hydrogen) atoms. The normalized spacial score (nSPS) is 11.1. The van der Waals surface area contributed by atoms with Gasteiger partial charge < -0.3 is 20.5 Å². The summed E-state index contributed by atoms with van der Waals surface area (Å²) >= 11 is 0. The number of aliphatic hydroxyl groups excluding tert-OH is 1. The van der Waals surface area contributed by atoms with Crippen molar-refractivity contribution in [3.63, 3.8) is 0 Å². The summed E-state index contributed by atoms with van der Waals surface area (Å²) in [6.07, 6.45) is 0.571. The van der Waals surface area contributed by atoms with Crippen LogP contribution < -0.4 is 10.6 Å². The van der Waals surface area contributed by atoms with Crippen molar-refractivity contribution in [2.45, 2.75) is 25.9 Å². The van der Waals surface area contributed by atoms with Gasteiger partial charge in [0.2, 0.25) is 0 Å². The van der Waals surface area contributed by atoms with Crippen LogP contribution in [0.1, 0.15) is 20.3 Å². The van der Waals surface area contributed by atoms with Crippen LogP contribution in [0.5, 0.6) is 0 Å². The first-order valence-electron chi connectivity index (χ1n) is 4.69. The number of nitrogens with one attached hydrogen (secondary N) is 2. The molecule has 0 unspecified atom stereocenters. The van der Waals surface area contributed by atoms with E-state index >= 15 is 0 Å². The van der Waals surface area contributed by atoms with Crippen molar-refractivity contribution in [3.05, 3.63) is 0 Å². The molecule has 0 aromatic heterocycles. The van der Waals surface area contributed by atoms with Gasteiger partial charge >= 0.3 is 6.03 Å². The zero-order valence-corrected chi connectivity index (χ0v) is 9.09. The van der Waals surface area contributed by atoms with E-state index in [4.69, 9.17) is 9.84 Å². The lowest BCUT2D eigenvalue weighted by Gasteiger charge is -2.23. The lowest BCUT2D eigenvalue weighted by atomic mass is 10.1. The minimum absolute atomic E-state index is 0.0871. The second kappa shape index (κ2) is 6.62. The van der Waals surface area contributed by atoms with Crippen LogP contribution in [-0.4, -0.2) is 43.5 Å². The Morgan fingerprint density at radius 3 is 2.57 bits per heavy atom. The van der Waals surface area contributed by atoms with Gasteiger partial charge in [0.25, 0.3) is 0 Å². The summed E-state index contributed by atoms with van der Waals surface area (Å²) in [6, 6.07) is -0.233. The third-order valence-electron chi connectivity index (χ3n) is 1.85. The van der Waals surface area contributed by atoms with Crippen LogP contribution in [0.4, 0.5) is 4.79 Å². The summed E-state index contributed by atoms with van der Waals surface area (Å²) in [5.74, 6) is 0. The molecule has 5 nitrogen and oxygen atoms in total. The number of methoxy groups -OCH3 is 1. The van der Waals surface area contributed by atoms with Crippen LogP contribution in [0.15, 0.2) is 0 Å². The van der Waals surface area contributed by atoms with Crippen LogP contribution in [0.25, 0.3) is 0 Å². The van der Waals surface area contributed by atoms with Gasteiger partial charge in [-0.15, -0.1) is 0 Å². The molecule has 0 bridgehead atoms. The molecule has 0 radical (unpaired) electrons. The Balaban J connectivity index is 3.53. The number of aliphatic hydroxyl groups is 1. The molecule has 0 aromatic carbocycles. The highest BCUT2D eigenvalue weighted by Gasteiger charge is 2.16. The Morgan fingerprint density at radius 2 is 2.07 bits per heavy atom. The standard InChI is InChI=1S/C9H20N2O3/c1-9(2,14-3)7-11-8(13)10-5-4-6-12/h12H,4-7H2,1-3H3,(H2,10,11,13). The molecule has 0 spiro atoms. The predicted molar refractivity (Wildman–Crippen MR) is 54.2 cm³/mol. The lowest BCUT2D eigenvalue weighted by molar-refractivity contribution is 0.0254. The van der Waals surface area contributed by atoms with E-state index in [1.54, 1.807) is 7.11 Å². The van der Waals surface area contributed by atoms with E-state index < -0.39 is 0 Å². The molecule has 2 amide bonds. The van der Waals surface area contributed by atoms with Gasteiger partial charge in [-0.1, -0.05) is 0 Å². The maximum Gasteiger partial charge on any atom is 0.314 e. The van der Waals surface area contributed by atoms with Crippen molar-refractivity contribution >= 4 is 6.03 Å². The summed E-state index contributed by atoms with van der Waals surface area (Å²) < 4.78 is 5.13. The molecule has 0 atom stereocenters. The van der Waals surface area contributed by atoms with Crippen molar-refractivity contribution < 1.29 is 14.6 Å². The van der Waals surface area contributed by atoms with Crippen LogP contribution in [0.3, 0.4) is 0 Å². The molecule has 5 heteroatoms. The Labute approximate surface area is 84.8 Å². The first kappa shape index (κ1) is 13.2. The molecule has 0 heterocycles. The van der Waals surface area contributed by atoms with E-state index in [0.717, 1.165) is 0 Å². The number of ether oxygens (including phenoxy) is 1. The van der Waals surface area contributed by atoms with Crippen LogP contribution in [-0.2, 0) is 4.74 Å². The minimum atomic E-state index is -0.353. The maximum absolute atomic E-state index is 11.1. The average Bonchev–Trinajstić information content (AvgIpc) is 2.16. The number of carbonyl (C=O) groups excluding carboxylic acids is 1. The zero-order valence-electron chi connectivity index (χ0n) is 9.09. The van der Waals surface area contributed by atoms with Gasteiger partial charge in [-0.05, 0) is 20.3 Å². The van der Waals surface area contributed by atoms with Gasteiger partial charge in [-0.2, -0.15) is 0 Å². The Hall–Kier alpha value is -0.810. The van der Waals surface area contributed by atoms with E-state index in [0.29, 0.717) is 19.5 Å². The minimum Gasteiger partial charge on any atom is -0.396 e. The molecule has 0 fully saturated rings. The Morgan fingerprint density at radius 1 is 1.43 bits per heavy atom. The molecule has 0 rings (SSSR count). The Bertz CT molecular complexity index is 171. The average molecular weight is 204 g/mol. The molecule has 3 N–H and O–H groups in total. The largest absolute Gasteiger partial charge is 0.396 e. The number of urea groups is 1. The van der Waals surface area contributed by atoms with Gasteiger partial charge in [0, 0.05) is 26.8 Å². The second-order valence-electron chi connectivity index (χ2n) is 3.65. The summed E-state index contributed by atoms with van der Waals surface area (Å²) in [7, 11) is 1.60. The molecule has 0 saturated heterocycles. The van der Waals surface area contributed by atoms with Crippen LogP contribution in [0, 0.1) is 0 Å². The van der Waals surface area contributed by atoms with E-state index in [1.165, 1.54) is 0 Å². The fraction of sp³-hybridized carbons (Fsp3) is 0.889. The van der Waals surface area contributed by atoms with Crippen molar-refractivity contribution in [1.29, 1.82) is 0 Å². The highest BCUT2D eigenvalue weighted by atomic mass is 16.5. The van der Waals surface area contributed by atoms with E-state index in [-0.39, 0.29) is 18.2 Å². The molecule has 0 aromatic rings. The maximum atomic E-state index is 11.1. The van der Waals surface area contributed by atoms with E-state index in [9.17, 15) is 4.79 Å². The van der Waals surface area contributed by atoms with E-state index in [2.05, 4.69) is 10.6 Å². The highest BCUT2D eigenvalue weighted by molar-refractivity contribution is 5.73. The molecule has 0 saturated carbocycles. The highest BCUT2D eigenvalue weighted by Crippen LogP contribution is 2.04. The SMILES string of the molecule is COC(C)(C)CNC(=O)NCCCO.